The maximum absolute atomic E-state index is 10.6. The molecule has 1 aromatic carbocycles. The fourth-order valence-electron chi connectivity index (χ4n) is 1.44. The first-order valence-electron chi connectivity index (χ1n) is 4.39. The van der Waals surface area contributed by atoms with Gasteiger partial charge in [-0.1, -0.05) is 28.1 Å². The minimum atomic E-state index is -0.884. The Bertz CT molecular complexity index is 435. The number of nitriles is 1. The summed E-state index contributed by atoms with van der Waals surface area (Å²) in [5.74, 6) is -0.884. The van der Waals surface area contributed by atoms with Gasteiger partial charge in [0.15, 0.2) is 0 Å². The Morgan fingerprint density at radius 3 is 2.73 bits per heavy atom. The van der Waals surface area contributed by atoms with Gasteiger partial charge in [-0.2, -0.15) is 5.26 Å². The number of halogens is 1. The third-order valence-electron chi connectivity index (χ3n) is 2.21. The summed E-state index contributed by atoms with van der Waals surface area (Å²) in [6.45, 7) is 1.84. The zero-order valence-corrected chi connectivity index (χ0v) is 9.84. The second-order valence-electron chi connectivity index (χ2n) is 3.21. The lowest BCUT2D eigenvalue weighted by atomic mass is 9.97. The summed E-state index contributed by atoms with van der Waals surface area (Å²) in [4.78, 5) is 10.6. The Balaban J connectivity index is 3.30. The van der Waals surface area contributed by atoms with Gasteiger partial charge in [0.1, 0.15) is 0 Å². The van der Waals surface area contributed by atoms with Gasteiger partial charge < -0.3 is 5.11 Å². The summed E-state index contributed by atoms with van der Waals surface area (Å²) in [7, 11) is 0. The van der Waals surface area contributed by atoms with E-state index in [4.69, 9.17) is 10.4 Å². The Hall–Kier alpha value is -1.34. The first-order valence-corrected chi connectivity index (χ1v) is 5.51. The highest BCUT2D eigenvalue weighted by Gasteiger charge is 2.12. The standard InChI is InChI=1S/C11H10BrNO2/c1-7-2-3-8(4-11(14)15)9(5-12)10(7)6-13/h2-3H,4-5H2,1H3,(H,14,15). The molecular weight excluding hydrogens is 258 g/mol. The van der Waals surface area contributed by atoms with Crippen LogP contribution in [0.4, 0.5) is 0 Å². The average Bonchev–Trinajstić information content (AvgIpc) is 2.19. The topological polar surface area (TPSA) is 61.1 Å². The lowest BCUT2D eigenvalue weighted by molar-refractivity contribution is -0.136. The highest BCUT2D eigenvalue weighted by atomic mass is 79.9. The highest BCUT2D eigenvalue weighted by Crippen LogP contribution is 2.21. The lowest BCUT2D eigenvalue weighted by Gasteiger charge is -2.09. The molecule has 4 heteroatoms. The normalized spacial score (nSPS) is 9.67. The van der Waals surface area contributed by atoms with Crippen LogP contribution >= 0.6 is 15.9 Å². The summed E-state index contributed by atoms with van der Waals surface area (Å²) >= 11 is 3.28. The maximum Gasteiger partial charge on any atom is 0.307 e. The molecular formula is C11H10BrNO2. The molecule has 0 fully saturated rings. The van der Waals surface area contributed by atoms with Crippen molar-refractivity contribution < 1.29 is 9.90 Å². The fraction of sp³-hybridized carbons (Fsp3) is 0.273. The number of aliphatic carboxylic acids is 1. The van der Waals surface area contributed by atoms with Crippen molar-refractivity contribution >= 4 is 21.9 Å². The summed E-state index contributed by atoms with van der Waals surface area (Å²) in [6, 6.07) is 5.65. The van der Waals surface area contributed by atoms with Gasteiger partial charge in [0, 0.05) is 5.33 Å². The van der Waals surface area contributed by atoms with Crippen molar-refractivity contribution in [3.63, 3.8) is 0 Å². The van der Waals surface area contributed by atoms with Crippen LogP contribution in [0.25, 0.3) is 0 Å². The van der Waals surface area contributed by atoms with Crippen molar-refractivity contribution in [1.82, 2.24) is 0 Å². The molecule has 0 aromatic heterocycles. The first kappa shape index (κ1) is 11.7. The highest BCUT2D eigenvalue weighted by molar-refractivity contribution is 9.08. The van der Waals surface area contributed by atoms with Gasteiger partial charge >= 0.3 is 5.97 Å². The molecule has 0 heterocycles. The lowest BCUT2D eigenvalue weighted by Crippen LogP contribution is -2.05. The van der Waals surface area contributed by atoms with E-state index in [0.29, 0.717) is 16.5 Å². The van der Waals surface area contributed by atoms with Gasteiger partial charge in [0.05, 0.1) is 18.1 Å². The minimum Gasteiger partial charge on any atom is -0.481 e. The Labute approximate surface area is 96.5 Å². The third kappa shape index (κ3) is 2.57. The van der Waals surface area contributed by atoms with E-state index in [9.17, 15) is 4.79 Å². The second-order valence-corrected chi connectivity index (χ2v) is 3.77. The number of nitrogens with zero attached hydrogens (tertiary/aromatic N) is 1. The molecule has 0 bridgehead atoms. The quantitative estimate of drug-likeness (QED) is 0.856. The number of hydrogen-bond acceptors (Lipinski definition) is 2. The molecule has 0 aliphatic carbocycles. The summed E-state index contributed by atoms with van der Waals surface area (Å²) in [5.41, 5.74) is 2.92. The molecule has 78 valence electrons. The summed E-state index contributed by atoms with van der Waals surface area (Å²) < 4.78 is 0. The Morgan fingerprint density at radius 1 is 1.60 bits per heavy atom. The second kappa shape index (κ2) is 4.94. The predicted octanol–water partition coefficient (Wildman–Crippen LogP) is 2.39. The zero-order valence-electron chi connectivity index (χ0n) is 8.25. The molecule has 0 aliphatic rings. The third-order valence-corrected chi connectivity index (χ3v) is 2.77. The predicted molar refractivity (Wildman–Crippen MR) is 59.9 cm³/mol. The van der Waals surface area contributed by atoms with E-state index in [2.05, 4.69) is 22.0 Å². The molecule has 15 heavy (non-hydrogen) atoms. The number of carboxylic acid groups (broad SMARTS) is 1. The SMILES string of the molecule is Cc1ccc(CC(=O)O)c(CBr)c1C#N. The van der Waals surface area contributed by atoms with E-state index in [1.807, 2.05) is 6.92 Å². The van der Waals surface area contributed by atoms with E-state index >= 15 is 0 Å². The molecule has 0 saturated carbocycles. The summed E-state index contributed by atoms with van der Waals surface area (Å²) in [5, 5.41) is 18.2. The maximum atomic E-state index is 10.6. The molecule has 1 aromatic rings. The molecule has 0 spiro atoms. The van der Waals surface area contributed by atoms with Crippen LogP contribution in [0.3, 0.4) is 0 Å². The smallest absolute Gasteiger partial charge is 0.307 e. The largest absolute Gasteiger partial charge is 0.481 e. The fourth-order valence-corrected chi connectivity index (χ4v) is 2.09. The minimum absolute atomic E-state index is 0.0457. The van der Waals surface area contributed by atoms with Gasteiger partial charge in [-0.3, -0.25) is 4.79 Å². The van der Waals surface area contributed by atoms with E-state index < -0.39 is 5.97 Å². The van der Waals surface area contributed by atoms with Gasteiger partial charge in [0.25, 0.3) is 0 Å². The van der Waals surface area contributed by atoms with Crippen molar-refractivity contribution in [1.29, 1.82) is 5.26 Å². The molecule has 0 aliphatic heterocycles. The van der Waals surface area contributed by atoms with E-state index in [0.717, 1.165) is 11.1 Å². The molecule has 0 radical (unpaired) electrons. The average molecular weight is 268 g/mol. The van der Waals surface area contributed by atoms with Crippen LogP contribution in [0.1, 0.15) is 22.3 Å². The number of benzene rings is 1. The summed E-state index contributed by atoms with van der Waals surface area (Å²) in [6.07, 6.45) is -0.0457. The number of carboxylic acids is 1. The molecule has 3 nitrogen and oxygen atoms in total. The van der Waals surface area contributed by atoms with E-state index in [1.165, 1.54) is 0 Å². The number of carbonyl (C=O) groups is 1. The van der Waals surface area contributed by atoms with Crippen molar-refractivity contribution in [2.75, 3.05) is 0 Å². The van der Waals surface area contributed by atoms with Crippen LogP contribution in [-0.2, 0) is 16.5 Å². The van der Waals surface area contributed by atoms with Crippen molar-refractivity contribution in [3.8, 4) is 6.07 Å². The van der Waals surface area contributed by atoms with Crippen molar-refractivity contribution in [3.05, 3.63) is 34.4 Å². The Morgan fingerprint density at radius 2 is 2.27 bits per heavy atom. The van der Waals surface area contributed by atoms with Crippen LogP contribution in [0.15, 0.2) is 12.1 Å². The Kier molecular flexibility index (Phi) is 3.87. The first-order chi connectivity index (χ1) is 7.10. The van der Waals surface area contributed by atoms with Crippen LogP contribution in [0, 0.1) is 18.3 Å². The van der Waals surface area contributed by atoms with Crippen LogP contribution in [0.2, 0.25) is 0 Å². The van der Waals surface area contributed by atoms with Crippen molar-refractivity contribution in [2.24, 2.45) is 0 Å². The van der Waals surface area contributed by atoms with E-state index in [1.54, 1.807) is 12.1 Å². The van der Waals surface area contributed by atoms with Crippen LogP contribution in [-0.4, -0.2) is 11.1 Å². The molecule has 1 N–H and O–H groups in total. The number of rotatable bonds is 3. The molecule has 0 atom stereocenters. The number of alkyl halides is 1. The van der Waals surface area contributed by atoms with Gasteiger partial charge in [-0.25, -0.2) is 0 Å². The van der Waals surface area contributed by atoms with Crippen LogP contribution < -0.4 is 0 Å². The number of hydrogen-bond donors (Lipinski definition) is 1. The number of aryl methyl sites for hydroxylation is 1. The monoisotopic (exact) mass is 267 g/mol. The van der Waals surface area contributed by atoms with Gasteiger partial charge in [-0.05, 0) is 23.6 Å². The van der Waals surface area contributed by atoms with Gasteiger partial charge in [-0.15, -0.1) is 0 Å². The molecule has 0 amide bonds. The van der Waals surface area contributed by atoms with Gasteiger partial charge in [0.2, 0.25) is 0 Å². The van der Waals surface area contributed by atoms with Crippen molar-refractivity contribution in [2.45, 2.75) is 18.7 Å². The molecule has 0 unspecified atom stereocenters. The van der Waals surface area contributed by atoms with Crippen LogP contribution in [0.5, 0.6) is 0 Å². The molecule has 1 rings (SSSR count). The molecule has 0 saturated heterocycles. The van der Waals surface area contributed by atoms with E-state index in [-0.39, 0.29) is 6.42 Å². The zero-order chi connectivity index (χ0) is 11.4.